The first-order valence-corrected chi connectivity index (χ1v) is 28.2. The van der Waals surface area contributed by atoms with Gasteiger partial charge in [0.25, 0.3) is 31.3 Å². The van der Waals surface area contributed by atoms with Crippen molar-refractivity contribution in [3.05, 3.63) is 63.6 Å². The topological polar surface area (TPSA) is 436 Å². The molecular weight excluding hydrogens is 1080 g/mol. The third-order valence-electron chi connectivity index (χ3n) is 7.55. The summed E-state index contributed by atoms with van der Waals surface area (Å²) in [4.78, 5) is 98.5. The van der Waals surface area contributed by atoms with Crippen molar-refractivity contribution >= 4 is 70.9 Å². The van der Waals surface area contributed by atoms with Gasteiger partial charge in [0, 0.05) is 62.9 Å². The molecule has 0 spiro atoms. The Balaban J connectivity index is 0.00000117. The van der Waals surface area contributed by atoms with E-state index in [4.69, 9.17) is 20.9 Å². The van der Waals surface area contributed by atoms with Crippen LogP contribution in [-0.4, -0.2) is 51.2 Å². The van der Waals surface area contributed by atoms with Gasteiger partial charge in [-0.15, -0.1) is 0 Å². The maximum absolute atomic E-state index is 12.1. The summed E-state index contributed by atoms with van der Waals surface area (Å²) in [5.74, 6) is 0.0976. The van der Waals surface area contributed by atoms with Gasteiger partial charge < -0.3 is 75.4 Å². The van der Waals surface area contributed by atoms with Gasteiger partial charge in [-0.3, -0.25) is 36.0 Å². The molecule has 2 saturated heterocycles. The number of anilines is 2. The Labute approximate surface area is 405 Å². The van der Waals surface area contributed by atoms with Crippen molar-refractivity contribution in [1.82, 2.24) is 19.1 Å². The summed E-state index contributed by atoms with van der Waals surface area (Å²) >= 11 is 0. The van der Waals surface area contributed by atoms with Crippen LogP contribution in [0.25, 0.3) is 12.2 Å². The van der Waals surface area contributed by atoms with Gasteiger partial charge in [0.2, 0.25) is 0 Å². The minimum Gasteiger partial charge on any atom is -0.781 e. The zero-order valence-electron chi connectivity index (χ0n) is 36.4. The molecule has 2 aliphatic rings. The molecule has 4 rings (SSSR count). The normalized spacial score (nSPS) is 23.2. The number of nitrogens with two attached hydrogens (primary N) is 2. The molecule has 0 aliphatic carbocycles. The van der Waals surface area contributed by atoms with Crippen molar-refractivity contribution in [2.75, 3.05) is 31.3 Å². The number of ether oxygens (including phenoxy) is 2. The second-order valence-corrected chi connectivity index (χ2v) is 21.3. The molecule has 0 saturated carbocycles. The summed E-state index contributed by atoms with van der Waals surface area (Å²) < 4.78 is 104. The first-order chi connectivity index (χ1) is 30.1. The van der Waals surface area contributed by atoms with E-state index in [9.17, 15) is 66.3 Å². The van der Waals surface area contributed by atoms with Crippen molar-refractivity contribution in [3.63, 3.8) is 0 Å². The molecule has 35 heteroatoms. The van der Waals surface area contributed by atoms with Crippen LogP contribution < -0.4 is 52.2 Å². The molecule has 0 bridgehead atoms. The Morgan fingerprint density at radius 2 is 1.09 bits per heavy atom. The minimum atomic E-state index is -5.72. The molecule has 6 unspecified atom stereocenters. The SMILES string of the molecule is CC.CC/C=C/c1cn([C@H]2CC[C@@H](COP(=O)([O-])OP(=O)([O-])OP(C)(=O)[O-])O2)c(=O)nc1N.CC/C=C/c1cn([C@H]2CC[C@@H](COP(=O)([O-])OP(=O)([O-])O[PH](=O)[O-])O2)c(=O)nc1N.[CH2-]C.[Y]. The fraction of sp³-hybridized carbons (Fsp3) is 0.581. The van der Waals surface area contributed by atoms with Gasteiger partial charge in [0.05, 0.1) is 25.4 Å². The summed E-state index contributed by atoms with van der Waals surface area (Å²) in [7, 11) is -31.4. The molecule has 1 radical (unpaired) electrons. The van der Waals surface area contributed by atoms with Gasteiger partial charge in [0.1, 0.15) is 39.9 Å². The van der Waals surface area contributed by atoms with Gasteiger partial charge in [-0.2, -0.15) is 16.9 Å². The number of nitrogen functional groups attached to an aromatic ring is 2. The number of allylic oxidation sites excluding steroid dienone is 2. The molecule has 2 aromatic rings. The van der Waals surface area contributed by atoms with E-state index in [0.717, 1.165) is 12.8 Å². The van der Waals surface area contributed by atoms with Crippen molar-refractivity contribution in [3.8, 4) is 0 Å². The number of nitrogens with zero attached hydrogens (tertiary/aromatic N) is 4. The maximum Gasteiger partial charge on any atom is 0.351 e. The Kier molecular flexibility index (Phi) is 29.3. The monoisotopic (exact) mass is 1130 g/mol. The van der Waals surface area contributed by atoms with Gasteiger partial charge in [0.15, 0.2) is 0 Å². The van der Waals surface area contributed by atoms with Gasteiger partial charge in [-0.05, 0) is 38.5 Å². The van der Waals surface area contributed by atoms with Crippen molar-refractivity contribution in [2.45, 2.75) is 97.8 Å². The fourth-order valence-corrected chi connectivity index (χ4v) is 11.2. The molecule has 10 atom stereocenters. The summed E-state index contributed by atoms with van der Waals surface area (Å²) in [6.45, 7) is 12.0. The van der Waals surface area contributed by atoms with Crippen LogP contribution >= 0.6 is 47.1 Å². The Morgan fingerprint density at radius 1 is 0.727 bits per heavy atom. The third kappa shape index (κ3) is 24.1. The standard InChI is InChI=1S/C14H24N3O11P3.C13H22N3O11P3.C2H6.C2H5.Y/c1-3-4-5-10-8-17(14(18)16-13(10)15)12-7-6-11(26-12)9-25-30(21,22)28-31(23,24)27-29(2,19)20;1-2-3-4-9-7-16(13(17)15-12(9)14)11-6-5-10(25-11)8-24-29(20,21)27-30(22,23)26-28(18)19;2*1-2;/h4-5,8,11-12H,3,6-7,9H2,1-2H3,(H,19,20)(H,21,22)(H,23,24)(H2,15,16,18);3-4,7,10-11,28H,2,5-6,8H2,1H3,(H,18,19)(H,20,21)(H,22,23)(H2,14,15,17);1-2H3;1H2,2H3;/q;;;-1;/p-6/b5-4+;4-3+;;;/t11-,12+;10-,11+;;;/m00.../s1. The fourth-order valence-electron chi connectivity index (χ4n) is 5.13. The zero-order valence-corrected chi connectivity index (χ0v) is 44.7. The van der Waals surface area contributed by atoms with Crippen LogP contribution in [0.2, 0.25) is 0 Å². The third-order valence-corrected chi connectivity index (χ3v) is 15.2. The van der Waals surface area contributed by atoms with E-state index in [1.807, 2.05) is 39.8 Å². The van der Waals surface area contributed by atoms with E-state index in [0.29, 0.717) is 30.6 Å². The van der Waals surface area contributed by atoms with Crippen LogP contribution in [0, 0.1) is 6.92 Å². The molecule has 0 aromatic carbocycles. The smallest absolute Gasteiger partial charge is 0.351 e. The van der Waals surface area contributed by atoms with Crippen molar-refractivity contribution in [2.24, 2.45) is 0 Å². The molecule has 2 fully saturated rings. The molecule has 0 amide bonds. The number of phosphoric acid groups is 4. The van der Waals surface area contributed by atoms with E-state index in [1.165, 1.54) is 21.5 Å². The van der Waals surface area contributed by atoms with Crippen LogP contribution in [0.5, 0.6) is 0 Å². The van der Waals surface area contributed by atoms with E-state index in [2.05, 4.69) is 43.2 Å². The Bertz CT molecular complexity index is 2310. The van der Waals surface area contributed by atoms with E-state index in [-0.39, 0.29) is 57.2 Å². The largest absolute Gasteiger partial charge is 0.781 e. The van der Waals surface area contributed by atoms with Crippen LogP contribution in [0.1, 0.15) is 96.7 Å². The Morgan fingerprint density at radius 3 is 1.42 bits per heavy atom. The molecule has 377 valence electrons. The Hall–Kier alpha value is -1.24. The number of hydrogen-bond acceptors (Lipinski definition) is 26. The number of phosphoric ester groups is 2. The average molecular weight is 1130 g/mol. The molecule has 28 nitrogen and oxygen atoms in total. The van der Waals surface area contributed by atoms with E-state index >= 15 is 0 Å². The summed E-state index contributed by atoms with van der Waals surface area (Å²) in [6.07, 6.45) is 9.35. The molecule has 4 N–H and O–H groups in total. The summed E-state index contributed by atoms with van der Waals surface area (Å²) in [5, 5.41) is 0. The first-order valence-electron chi connectivity index (χ1n) is 19.1. The zero-order chi connectivity index (χ0) is 50.0. The number of hydrogen-bond donors (Lipinski definition) is 2. The van der Waals surface area contributed by atoms with Crippen molar-refractivity contribution in [1.29, 1.82) is 0 Å². The number of aromatic nitrogens is 4. The second kappa shape index (κ2) is 29.8. The van der Waals surface area contributed by atoms with Gasteiger partial charge in [-0.25, -0.2) is 18.2 Å². The van der Waals surface area contributed by atoms with Crippen LogP contribution in [0.15, 0.2) is 34.1 Å². The molecular formula is C31H51N6O22P6Y-7. The van der Waals surface area contributed by atoms with Gasteiger partial charge >= 0.3 is 11.4 Å². The molecule has 66 heavy (non-hydrogen) atoms. The van der Waals surface area contributed by atoms with Crippen LogP contribution in [0.3, 0.4) is 0 Å². The predicted molar refractivity (Wildman–Crippen MR) is 222 cm³/mol. The van der Waals surface area contributed by atoms with Gasteiger partial charge in [-0.1, -0.05) is 52.0 Å². The average Bonchev–Trinajstić information content (AvgIpc) is 3.86. The summed E-state index contributed by atoms with van der Waals surface area (Å²) in [6, 6.07) is 0. The predicted octanol–water partition coefficient (Wildman–Crippen LogP) is 1.62. The van der Waals surface area contributed by atoms with E-state index < -0.39 is 96.4 Å². The second-order valence-electron chi connectivity index (χ2n) is 12.5. The molecule has 2 aromatic heterocycles. The first kappa shape index (κ1) is 64.8. The molecule has 4 heterocycles. The maximum atomic E-state index is 12.1. The van der Waals surface area contributed by atoms with E-state index in [1.54, 1.807) is 19.1 Å². The summed E-state index contributed by atoms with van der Waals surface area (Å²) in [5.41, 5.74) is 11.1. The number of rotatable bonds is 20. The molecule has 2 aliphatic heterocycles. The minimum absolute atomic E-state index is 0. The van der Waals surface area contributed by atoms with Crippen molar-refractivity contribution < 1.29 is 125 Å². The quantitative estimate of drug-likeness (QED) is 0.140. The van der Waals surface area contributed by atoms with Crippen LogP contribution in [0.4, 0.5) is 11.6 Å². The van der Waals surface area contributed by atoms with Crippen LogP contribution in [-0.2, 0) is 95.9 Å².